The first-order chi connectivity index (χ1) is 11.0. The molecule has 2 N–H and O–H groups in total. The summed E-state index contributed by atoms with van der Waals surface area (Å²) in [5.74, 6) is -1.30. The molecule has 23 heavy (non-hydrogen) atoms. The molecule has 116 valence electrons. The third-order valence-corrected chi connectivity index (χ3v) is 2.99. The number of phenols is 1. The second-order valence-electron chi connectivity index (χ2n) is 4.78. The number of esters is 1. The quantitative estimate of drug-likeness (QED) is 0.845. The number of benzene rings is 2. The third kappa shape index (κ3) is 4.32. The van der Waals surface area contributed by atoms with Gasteiger partial charge in [-0.3, -0.25) is 4.79 Å². The van der Waals surface area contributed by atoms with Crippen molar-refractivity contribution >= 4 is 17.6 Å². The molecule has 0 aliphatic rings. The minimum absolute atomic E-state index is 0.0649. The van der Waals surface area contributed by atoms with Gasteiger partial charge in [0, 0.05) is 5.69 Å². The molecule has 0 unspecified atom stereocenters. The predicted octanol–water partition coefficient (Wildman–Crippen LogP) is 2.45. The van der Waals surface area contributed by atoms with E-state index in [1.54, 1.807) is 18.2 Å². The van der Waals surface area contributed by atoms with Gasteiger partial charge in [0.1, 0.15) is 5.75 Å². The molecule has 1 amide bonds. The molecule has 0 saturated carbocycles. The maximum atomic E-state index is 12.0. The Labute approximate surface area is 132 Å². The van der Waals surface area contributed by atoms with Crippen molar-refractivity contribution in [1.82, 2.24) is 0 Å². The smallest absolute Gasteiger partial charge is 0.339 e. The van der Waals surface area contributed by atoms with Gasteiger partial charge in [-0.15, -0.1) is 0 Å². The lowest BCUT2D eigenvalue weighted by Gasteiger charge is -2.13. The molecule has 0 heterocycles. The van der Waals surface area contributed by atoms with E-state index >= 15 is 0 Å². The van der Waals surface area contributed by atoms with Crippen molar-refractivity contribution in [3.8, 4) is 11.8 Å². The molecule has 6 nitrogen and oxygen atoms in total. The topological polar surface area (TPSA) is 99.4 Å². The SMILES string of the molecule is C[C@@H](OC(=O)c1cccc(O)c1)C(=O)Nc1cccc(C#N)c1. The first-order valence-electron chi connectivity index (χ1n) is 6.80. The molecular formula is C17H14N2O4. The Bertz CT molecular complexity index is 780. The van der Waals surface area contributed by atoms with Gasteiger partial charge in [-0.1, -0.05) is 12.1 Å². The van der Waals surface area contributed by atoms with E-state index in [1.165, 1.54) is 37.3 Å². The van der Waals surface area contributed by atoms with Crippen molar-refractivity contribution in [2.75, 3.05) is 5.32 Å². The lowest BCUT2D eigenvalue weighted by Crippen LogP contribution is -2.30. The summed E-state index contributed by atoms with van der Waals surface area (Å²) in [5, 5.41) is 20.7. The van der Waals surface area contributed by atoms with E-state index in [4.69, 9.17) is 10.00 Å². The van der Waals surface area contributed by atoms with Gasteiger partial charge in [0.25, 0.3) is 5.91 Å². The fourth-order valence-electron chi connectivity index (χ4n) is 1.83. The molecule has 6 heteroatoms. The summed E-state index contributed by atoms with van der Waals surface area (Å²) < 4.78 is 5.05. The van der Waals surface area contributed by atoms with E-state index in [-0.39, 0.29) is 11.3 Å². The third-order valence-electron chi connectivity index (χ3n) is 2.99. The Morgan fingerprint density at radius 3 is 2.65 bits per heavy atom. The largest absolute Gasteiger partial charge is 0.508 e. The average Bonchev–Trinajstić information content (AvgIpc) is 2.54. The van der Waals surface area contributed by atoms with Crippen molar-refractivity contribution < 1.29 is 19.4 Å². The van der Waals surface area contributed by atoms with E-state index < -0.39 is 18.0 Å². The van der Waals surface area contributed by atoms with Crippen LogP contribution in [0, 0.1) is 11.3 Å². The number of amides is 1. The minimum Gasteiger partial charge on any atom is -0.508 e. The second-order valence-corrected chi connectivity index (χ2v) is 4.78. The highest BCUT2D eigenvalue weighted by Crippen LogP contribution is 2.14. The maximum Gasteiger partial charge on any atom is 0.339 e. The van der Waals surface area contributed by atoms with Crippen LogP contribution >= 0.6 is 0 Å². The van der Waals surface area contributed by atoms with Gasteiger partial charge in [-0.2, -0.15) is 5.26 Å². The number of nitrogens with zero attached hydrogens (tertiary/aromatic N) is 1. The van der Waals surface area contributed by atoms with Gasteiger partial charge >= 0.3 is 5.97 Å². The molecule has 2 aromatic carbocycles. The highest BCUT2D eigenvalue weighted by atomic mass is 16.5. The average molecular weight is 310 g/mol. The number of carbonyl (C=O) groups excluding carboxylic acids is 2. The summed E-state index contributed by atoms with van der Waals surface area (Å²) in [6.07, 6.45) is -1.03. The Kier molecular flexibility index (Phi) is 4.95. The van der Waals surface area contributed by atoms with Crippen molar-refractivity contribution in [1.29, 1.82) is 5.26 Å². The Morgan fingerprint density at radius 1 is 1.22 bits per heavy atom. The molecule has 1 atom stereocenters. The van der Waals surface area contributed by atoms with E-state index in [9.17, 15) is 14.7 Å². The van der Waals surface area contributed by atoms with Crippen LogP contribution in [0.2, 0.25) is 0 Å². The number of hydrogen-bond acceptors (Lipinski definition) is 5. The molecule has 0 aromatic heterocycles. The molecular weight excluding hydrogens is 296 g/mol. The number of anilines is 1. The number of phenolic OH excluding ortho intramolecular Hbond substituents is 1. The van der Waals surface area contributed by atoms with Crippen LogP contribution in [-0.2, 0) is 9.53 Å². The number of carbonyl (C=O) groups is 2. The van der Waals surface area contributed by atoms with Gasteiger partial charge in [-0.25, -0.2) is 4.79 Å². The highest BCUT2D eigenvalue weighted by Gasteiger charge is 2.19. The van der Waals surface area contributed by atoms with Gasteiger partial charge in [0.15, 0.2) is 6.10 Å². The molecule has 0 aliphatic heterocycles. The first-order valence-corrected chi connectivity index (χ1v) is 6.80. The Hall–Kier alpha value is -3.33. The zero-order valence-electron chi connectivity index (χ0n) is 12.3. The van der Waals surface area contributed by atoms with Gasteiger partial charge in [0.05, 0.1) is 17.2 Å². The molecule has 0 spiro atoms. The van der Waals surface area contributed by atoms with E-state index in [0.717, 1.165) is 0 Å². The molecule has 2 aromatic rings. The number of hydrogen-bond donors (Lipinski definition) is 2. The number of ether oxygens (including phenoxy) is 1. The maximum absolute atomic E-state index is 12.0. The number of nitriles is 1. The summed E-state index contributed by atoms with van der Waals surface area (Å²) in [6.45, 7) is 1.43. The lowest BCUT2D eigenvalue weighted by molar-refractivity contribution is -0.123. The van der Waals surface area contributed by atoms with E-state index in [1.807, 2.05) is 6.07 Å². The fraction of sp³-hybridized carbons (Fsp3) is 0.118. The summed E-state index contributed by atoms with van der Waals surface area (Å²) in [7, 11) is 0. The number of nitrogens with one attached hydrogen (secondary N) is 1. The fourth-order valence-corrected chi connectivity index (χ4v) is 1.83. The molecule has 0 saturated heterocycles. The zero-order chi connectivity index (χ0) is 16.8. The van der Waals surface area contributed by atoms with Crippen molar-refractivity contribution in [3.63, 3.8) is 0 Å². The predicted molar refractivity (Wildman–Crippen MR) is 82.8 cm³/mol. The minimum atomic E-state index is -1.03. The van der Waals surface area contributed by atoms with Gasteiger partial charge in [-0.05, 0) is 43.3 Å². The van der Waals surface area contributed by atoms with Crippen LogP contribution in [0.5, 0.6) is 5.75 Å². The van der Waals surface area contributed by atoms with Crippen LogP contribution in [0.3, 0.4) is 0 Å². The van der Waals surface area contributed by atoms with Crippen LogP contribution in [0.25, 0.3) is 0 Å². The standard InChI is InChI=1S/C17H14N2O4/c1-11(23-17(22)13-5-3-7-15(20)9-13)16(21)19-14-6-2-4-12(8-14)10-18/h2-9,11,20H,1H3,(H,19,21)/t11-/m1/s1. The zero-order valence-corrected chi connectivity index (χ0v) is 12.3. The summed E-state index contributed by atoms with van der Waals surface area (Å²) >= 11 is 0. The van der Waals surface area contributed by atoms with Crippen molar-refractivity contribution in [2.45, 2.75) is 13.0 Å². The summed E-state index contributed by atoms with van der Waals surface area (Å²) in [4.78, 5) is 23.9. The van der Waals surface area contributed by atoms with Crippen LogP contribution < -0.4 is 5.32 Å². The van der Waals surface area contributed by atoms with E-state index in [2.05, 4.69) is 5.32 Å². The highest BCUT2D eigenvalue weighted by molar-refractivity contribution is 5.97. The van der Waals surface area contributed by atoms with E-state index in [0.29, 0.717) is 11.3 Å². The monoisotopic (exact) mass is 310 g/mol. The van der Waals surface area contributed by atoms with Crippen LogP contribution in [0.4, 0.5) is 5.69 Å². The van der Waals surface area contributed by atoms with Crippen molar-refractivity contribution in [3.05, 3.63) is 59.7 Å². The summed E-state index contributed by atoms with van der Waals surface area (Å²) in [5.41, 5.74) is 0.998. The van der Waals surface area contributed by atoms with Crippen LogP contribution in [0.15, 0.2) is 48.5 Å². The normalized spacial score (nSPS) is 11.1. The molecule has 0 fully saturated rings. The molecule has 2 rings (SSSR count). The Balaban J connectivity index is 1.99. The molecule has 0 bridgehead atoms. The number of rotatable bonds is 4. The molecule has 0 radical (unpaired) electrons. The number of aromatic hydroxyl groups is 1. The first kappa shape index (κ1) is 16.0. The molecule has 0 aliphatic carbocycles. The van der Waals surface area contributed by atoms with Crippen LogP contribution in [-0.4, -0.2) is 23.1 Å². The Morgan fingerprint density at radius 2 is 1.96 bits per heavy atom. The van der Waals surface area contributed by atoms with Gasteiger partial charge in [0.2, 0.25) is 0 Å². The summed E-state index contributed by atoms with van der Waals surface area (Å²) in [6, 6.07) is 14.0. The van der Waals surface area contributed by atoms with Crippen molar-refractivity contribution in [2.24, 2.45) is 0 Å². The second kappa shape index (κ2) is 7.09. The van der Waals surface area contributed by atoms with Gasteiger partial charge < -0.3 is 15.2 Å². The van der Waals surface area contributed by atoms with Crippen LogP contribution in [0.1, 0.15) is 22.8 Å². The lowest BCUT2D eigenvalue weighted by atomic mass is 10.2.